The molecule has 1 aromatic heterocycles. The molecule has 1 saturated heterocycles. The van der Waals surface area contributed by atoms with Crippen molar-refractivity contribution in [1.29, 1.82) is 0 Å². The predicted molar refractivity (Wildman–Crippen MR) is 82.7 cm³/mol. The van der Waals surface area contributed by atoms with Gasteiger partial charge in [0, 0.05) is 24.9 Å². The van der Waals surface area contributed by atoms with Gasteiger partial charge >= 0.3 is 0 Å². The van der Waals surface area contributed by atoms with Crippen molar-refractivity contribution >= 4 is 17.2 Å². The Balaban J connectivity index is 1.59. The highest BCUT2D eigenvalue weighted by Gasteiger charge is 2.20. The Hall–Kier alpha value is -1.72. The van der Waals surface area contributed by atoms with Gasteiger partial charge in [0.1, 0.15) is 5.69 Å². The van der Waals surface area contributed by atoms with Crippen molar-refractivity contribution < 1.29 is 9.53 Å². The Morgan fingerprint density at radius 2 is 1.95 bits per heavy atom. The summed E-state index contributed by atoms with van der Waals surface area (Å²) in [7, 11) is 0. The number of ether oxygens (including phenoxy) is 1. The second-order valence-corrected chi connectivity index (χ2v) is 5.96. The van der Waals surface area contributed by atoms with E-state index in [4.69, 9.17) is 4.74 Å². The third kappa shape index (κ3) is 3.68. The number of thiazole rings is 1. The minimum Gasteiger partial charge on any atom is -0.378 e. The number of hydrogen-bond acceptors (Lipinski definition) is 4. The first kappa shape index (κ1) is 14.2. The fraction of sp³-hybridized carbons (Fsp3) is 0.375. The van der Waals surface area contributed by atoms with E-state index in [9.17, 15) is 4.79 Å². The molecule has 0 N–H and O–H groups in total. The van der Waals surface area contributed by atoms with Gasteiger partial charge in [-0.2, -0.15) is 0 Å². The Labute approximate surface area is 128 Å². The molecule has 0 aliphatic carbocycles. The van der Waals surface area contributed by atoms with E-state index in [2.05, 4.69) is 17.1 Å². The normalized spacial score (nSPS) is 15.1. The van der Waals surface area contributed by atoms with Crippen molar-refractivity contribution in [3.05, 3.63) is 52.0 Å². The lowest BCUT2D eigenvalue weighted by molar-refractivity contribution is 0.0299. The summed E-state index contributed by atoms with van der Waals surface area (Å²) in [6.45, 7) is 2.57. The molecule has 5 heteroatoms. The van der Waals surface area contributed by atoms with Crippen LogP contribution in [0.2, 0.25) is 0 Å². The summed E-state index contributed by atoms with van der Waals surface area (Å²) in [5.74, 6) is 0.0283. The molecule has 0 spiro atoms. The lowest BCUT2D eigenvalue weighted by Gasteiger charge is -2.25. The van der Waals surface area contributed by atoms with Crippen LogP contribution in [-0.2, 0) is 17.6 Å². The Morgan fingerprint density at radius 3 is 2.71 bits per heavy atom. The molecule has 2 aromatic rings. The summed E-state index contributed by atoms with van der Waals surface area (Å²) in [5, 5.41) is 2.90. The van der Waals surface area contributed by atoms with Crippen molar-refractivity contribution in [2.24, 2.45) is 0 Å². The molecular formula is C16H18N2O2S. The molecule has 1 aliphatic heterocycles. The highest BCUT2D eigenvalue weighted by molar-refractivity contribution is 7.09. The molecule has 0 unspecified atom stereocenters. The molecule has 1 aliphatic rings. The number of nitrogens with zero attached hydrogens (tertiary/aromatic N) is 2. The summed E-state index contributed by atoms with van der Waals surface area (Å²) in [4.78, 5) is 18.6. The third-order valence-corrected chi connectivity index (χ3v) is 4.45. The van der Waals surface area contributed by atoms with Crippen LogP contribution in [0.3, 0.4) is 0 Å². The predicted octanol–water partition coefficient (Wildman–Crippen LogP) is 2.40. The van der Waals surface area contributed by atoms with E-state index >= 15 is 0 Å². The second-order valence-electron chi connectivity index (χ2n) is 5.02. The molecule has 0 atom stereocenters. The lowest BCUT2D eigenvalue weighted by atomic mass is 10.1. The molecule has 4 nitrogen and oxygen atoms in total. The molecule has 21 heavy (non-hydrogen) atoms. The zero-order chi connectivity index (χ0) is 14.5. The molecule has 0 saturated carbocycles. The zero-order valence-electron chi connectivity index (χ0n) is 11.8. The van der Waals surface area contributed by atoms with E-state index in [0.29, 0.717) is 32.0 Å². The fourth-order valence-electron chi connectivity index (χ4n) is 2.35. The molecule has 2 heterocycles. The summed E-state index contributed by atoms with van der Waals surface area (Å²) in [6, 6.07) is 10.3. The second kappa shape index (κ2) is 6.83. The molecule has 110 valence electrons. The van der Waals surface area contributed by atoms with Gasteiger partial charge < -0.3 is 9.64 Å². The Kier molecular flexibility index (Phi) is 4.62. The van der Waals surface area contributed by atoms with Gasteiger partial charge in [0.15, 0.2) is 0 Å². The van der Waals surface area contributed by atoms with Gasteiger partial charge in [-0.3, -0.25) is 4.79 Å². The monoisotopic (exact) mass is 302 g/mol. The van der Waals surface area contributed by atoms with Gasteiger partial charge in [0.05, 0.1) is 18.2 Å². The Morgan fingerprint density at radius 1 is 1.19 bits per heavy atom. The minimum absolute atomic E-state index is 0.0283. The van der Waals surface area contributed by atoms with E-state index in [1.54, 1.807) is 11.3 Å². The van der Waals surface area contributed by atoms with E-state index < -0.39 is 0 Å². The summed E-state index contributed by atoms with van der Waals surface area (Å²) < 4.78 is 5.27. The highest BCUT2D eigenvalue weighted by Crippen LogP contribution is 2.15. The van der Waals surface area contributed by atoms with Crippen molar-refractivity contribution in [3.8, 4) is 0 Å². The smallest absolute Gasteiger partial charge is 0.273 e. The van der Waals surface area contributed by atoms with Gasteiger partial charge in [-0.1, -0.05) is 30.3 Å². The van der Waals surface area contributed by atoms with Crippen molar-refractivity contribution in [2.75, 3.05) is 26.3 Å². The topological polar surface area (TPSA) is 42.4 Å². The average Bonchev–Trinajstić information content (AvgIpc) is 3.03. The van der Waals surface area contributed by atoms with Crippen molar-refractivity contribution in [1.82, 2.24) is 9.88 Å². The quantitative estimate of drug-likeness (QED) is 0.871. The standard InChI is InChI=1S/C16H18N2O2S/c19-16(18-8-10-20-11-9-18)14-12-21-15(17-14)7-6-13-4-2-1-3-5-13/h1-5,12H,6-11H2. The number of hydrogen-bond donors (Lipinski definition) is 0. The number of amides is 1. The number of morpholine rings is 1. The maximum atomic E-state index is 12.3. The van der Waals surface area contributed by atoms with Crippen LogP contribution < -0.4 is 0 Å². The van der Waals surface area contributed by atoms with E-state index in [-0.39, 0.29) is 5.91 Å². The van der Waals surface area contributed by atoms with Gasteiger partial charge in [0.2, 0.25) is 0 Å². The first-order valence-corrected chi connectivity index (χ1v) is 8.06. The van der Waals surface area contributed by atoms with Crippen LogP contribution in [0, 0.1) is 0 Å². The number of aromatic nitrogens is 1. The van der Waals surface area contributed by atoms with Crippen LogP contribution in [0.5, 0.6) is 0 Å². The van der Waals surface area contributed by atoms with Crippen LogP contribution in [0.1, 0.15) is 21.1 Å². The van der Waals surface area contributed by atoms with E-state index in [0.717, 1.165) is 17.8 Å². The zero-order valence-corrected chi connectivity index (χ0v) is 12.6. The summed E-state index contributed by atoms with van der Waals surface area (Å²) in [6.07, 6.45) is 1.84. The minimum atomic E-state index is 0.0283. The first-order valence-electron chi connectivity index (χ1n) is 7.18. The molecule has 0 radical (unpaired) electrons. The number of carbonyl (C=O) groups is 1. The molecule has 1 amide bonds. The van der Waals surface area contributed by atoms with Gasteiger partial charge in [-0.15, -0.1) is 11.3 Å². The third-order valence-electron chi connectivity index (χ3n) is 3.54. The number of carbonyl (C=O) groups excluding carboxylic acids is 1. The average molecular weight is 302 g/mol. The number of rotatable bonds is 4. The largest absolute Gasteiger partial charge is 0.378 e. The van der Waals surface area contributed by atoms with Crippen LogP contribution in [0.15, 0.2) is 35.7 Å². The van der Waals surface area contributed by atoms with Gasteiger partial charge in [-0.25, -0.2) is 4.98 Å². The molecule has 3 rings (SSSR count). The van der Waals surface area contributed by atoms with Crippen LogP contribution in [0.4, 0.5) is 0 Å². The van der Waals surface area contributed by atoms with Crippen molar-refractivity contribution in [3.63, 3.8) is 0 Å². The SMILES string of the molecule is O=C(c1csc(CCc2ccccc2)n1)N1CCOCC1. The van der Waals surface area contributed by atoms with Gasteiger partial charge in [0.25, 0.3) is 5.91 Å². The summed E-state index contributed by atoms with van der Waals surface area (Å²) >= 11 is 1.57. The summed E-state index contributed by atoms with van der Waals surface area (Å²) in [5.41, 5.74) is 1.87. The first-order chi connectivity index (χ1) is 10.3. The maximum Gasteiger partial charge on any atom is 0.273 e. The fourth-order valence-corrected chi connectivity index (χ4v) is 3.12. The van der Waals surface area contributed by atoms with Crippen LogP contribution >= 0.6 is 11.3 Å². The maximum absolute atomic E-state index is 12.3. The van der Waals surface area contributed by atoms with E-state index in [1.807, 2.05) is 28.5 Å². The molecular weight excluding hydrogens is 284 g/mol. The van der Waals surface area contributed by atoms with Gasteiger partial charge in [-0.05, 0) is 12.0 Å². The molecule has 0 bridgehead atoms. The van der Waals surface area contributed by atoms with E-state index in [1.165, 1.54) is 5.56 Å². The number of aryl methyl sites for hydroxylation is 2. The molecule has 1 aromatic carbocycles. The lowest BCUT2D eigenvalue weighted by Crippen LogP contribution is -2.40. The number of benzene rings is 1. The van der Waals surface area contributed by atoms with Crippen LogP contribution in [-0.4, -0.2) is 42.1 Å². The van der Waals surface area contributed by atoms with Crippen molar-refractivity contribution in [2.45, 2.75) is 12.8 Å². The molecule has 1 fully saturated rings. The Bertz CT molecular complexity index is 591. The van der Waals surface area contributed by atoms with Crippen LogP contribution in [0.25, 0.3) is 0 Å². The highest BCUT2D eigenvalue weighted by atomic mass is 32.1.